The van der Waals surface area contributed by atoms with Crippen LogP contribution < -0.4 is 10.6 Å². The van der Waals surface area contributed by atoms with Crippen LogP contribution in [0.25, 0.3) is 22.3 Å². The van der Waals surface area contributed by atoms with Crippen LogP contribution >= 0.6 is 0 Å². The summed E-state index contributed by atoms with van der Waals surface area (Å²) in [5, 5.41) is 11.4. The molecule has 1 aliphatic rings. The lowest BCUT2D eigenvalue weighted by Gasteiger charge is -2.38. The molecule has 2 heterocycles. The fourth-order valence-corrected chi connectivity index (χ4v) is 4.70. The lowest BCUT2D eigenvalue weighted by molar-refractivity contribution is 0.0489. The van der Waals surface area contributed by atoms with Gasteiger partial charge in [0.15, 0.2) is 5.82 Å². The first-order valence-corrected chi connectivity index (χ1v) is 11.6. The Bertz CT molecular complexity index is 1150. The molecule has 0 spiro atoms. The lowest BCUT2D eigenvalue weighted by Crippen LogP contribution is -2.43. The van der Waals surface area contributed by atoms with Crippen LogP contribution in [0.5, 0.6) is 5.75 Å². The summed E-state index contributed by atoms with van der Waals surface area (Å²) in [4.78, 5) is 23.5. The molecule has 0 bridgehead atoms. The molecule has 174 valence electrons. The number of benzene rings is 2. The number of phenolic OH excluding ortho intramolecular Hbond substituents is 1. The van der Waals surface area contributed by atoms with Crippen LogP contribution in [-0.2, 0) is 4.74 Å². The zero-order chi connectivity index (χ0) is 23.5. The maximum absolute atomic E-state index is 11.6. The minimum absolute atomic E-state index is 0.152. The Morgan fingerprint density at radius 1 is 1.24 bits per heavy atom. The third-order valence-electron chi connectivity index (χ3n) is 6.23. The van der Waals surface area contributed by atoms with Crippen LogP contribution in [0, 0.1) is 18.8 Å². The third-order valence-corrected chi connectivity index (χ3v) is 6.23. The zero-order valence-electron chi connectivity index (χ0n) is 19.5. The number of rotatable bonds is 6. The van der Waals surface area contributed by atoms with E-state index in [1.54, 1.807) is 12.1 Å². The van der Waals surface area contributed by atoms with Crippen molar-refractivity contribution in [3.63, 3.8) is 0 Å². The number of carbonyl (C=O) groups excluding carboxylic acids is 1. The number of aryl methyl sites for hydroxylation is 1. The molecule has 7 nitrogen and oxygen atoms in total. The van der Waals surface area contributed by atoms with E-state index in [1.165, 1.54) is 0 Å². The van der Waals surface area contributed by atoms with Gasteiger partial charge in [0, 0.05) is 24.4 Å². The Labute approximate surface area is 194 Å². The van der Waals surface area contributed by atoms with E-state index in [0.29, 0.717) is 23.9 Å². The largest absolute Gasteiger partial charge is 0.507 e. The molecule has 1 amide bonds. The molecule has 1 saturated heterocycles. The van der Waals surface area contributed by atoms with E-state index in [2.05, 4.69) is 30.9 Å². The van der Waals surface area contributed by atoms with Crippen LogP contribution in [0.4, 0.5) is 10.6 Å². The number of nitrogens with zero attached hydrogens (tertiary/aromatic N) is 3. The zero-order valence-corrected chi connectivity index (χ0v) is 19.5. The second-order valence-corrected chi connectivity index (χ2v) is 9.36. The SMILES string of the molecule is Cc1ccc2c(N3CCC[C@H](C(CC(C)C)OC(N)=O)C3)nc(-c3ccccc3O)nc2c1. The number of para-hydroxylation sites is 1. The topological polar surface area (TPSA) is 102 Å². The Kier molecular flexibility index (Phi) is 6.67. The molecular weight excluding hydrogens is 416 g/mol. The number of fused-ring (bicyclic) bond motifs is 1. The van der Waals surface area contributed by atoms with Crippen LogP contribution in [0.15, 0.2) is 42.5 Å². The summed E-state index contributed by atoms with van der Waals surface area (Å²) in [6.07, 6.45) is 1.76. The molecule has 0 saturated carbocycles. The molecule has 0 radical (unpaired) electrons. The molecule has 0 aliphatic carbocycles. The van der Waals surface area contributed by atoms with E-state index in [1.807, 2.05) is 25.1 Å². The van der Waals surface area contributed by atoms with Crippen molar-refractivity contribution >= 4 is 22.8 Å². The van der Waals surface area contributed by atoms with Crippen LogP contribution in [-0.4, -0.2) is 40.4 Å². The van der Waals surface area contributed by atoms with E-state index in [9.17, 15) is 9.90 Å². The molecular formula is C26H32N4O3. The number of hydrogen-bond donors (Lipinski definition) is 2. The number of amides is 1. The van der Waals surface area contributed by atoms with Crippen molar-refractivity contribution in [2.45, 2.75) is 46.1 Å². The molecule has 3 aromatic rings. The summed E-state index contributed by atoms with van der Waals surface area (Å²) in [6, 6.07) is 13.3. The molecule has 2 aromatic carbocycles. The first-order chi connectivity index (χ1) is 15.8. The quantitative estimate of drug-likeness (QED) is 0.548. The number of piperidine rings is 1. The van der Waals surface area contributed by atoms with Gasteiger partial charge in [-0.25, -0.2) is 14.8 Å². The number of ether oxygens (including phenoxy) is 1. The molecule has 2 atom stereocenters. The molecule has 1 aromatic heterocycles. The first-order valence-electron chi connectivity index (χ1n) is 11.6. The van der Waals surface area contributed by atoms with Crippen molar-refractivity contribution in [1.82, 2.24) is 9.97 Å². The number of phenols is 1. The average molecular weight is 449 g/mol. The van der Waals surface area contributed by atoms with Gasteiger partial charge in [-0.3, -0.25) is 0 Å². The van der Waals surface area contributed by atoms with E-state index in [4.69, 9.17) is 20.4 Å². The lowest BCUT2D eigenvalue weighted by atomic mass is 9.87. The first kappa shape index (κ1) is 22.8. The molecule has 1 fully saturated rings. The summed E-state index contributed by atoms with van der Waals surface area (Å²) in [5.74, 6) is 2.04. The highest BCUT2D eigenvalue weighted by Gasteiger charge is 2.31. The van der Waals surface area contributed by atoms with Crippen molar-refractivity contribution in [2.24, 2.45) is 17.6 Å². The maximum Gasteiger partial charge on any atom is 0.404 e. The van der Waals surface area contributed by atoms with E-state index < -0.39 is 6.09 Å². The number of aromatic hydroxyl groups is 1. The van der Waals surface area contributed by atoms with Gasteiger partial charge in [0.25, 0.3) is 0 Å². The molecule has 4 rings (SSSR count). The summed E-state index contributed by atoms with van der Waals surface area (Å²) >= 11 is 0. The predicted octanol–water partition coefficient (Wildman–Crippen LogP) is 5.04. The fraction of sp³-hybridized carbons (Fsp3) is 0.423. The van der Waals surface area contributed by atoms with Crippen molar-refractivity contribution in [1.29, 1.82) is 0 Å². The van der Waals surface area contributed by atoms with Gasteiger partial charge >= 0.3 is 6.09 Å². The molecule has 7 heteroatoms. The standard InChI is InChI=1S/C26H32N4O3/c1-16(2)13-23(33-26(27)32)18-7-6-12-30(15-18)25-19-11-10-17(3)14-21(19)28-24(29-25)20-8-4-5-9-22(20)31/h4-5,8-11,14,16,18,23,31H,6-7,12-13,15H2,1-3H3,(H2,27,32)/t18-,23?/m0/s1. The average Bonchev–Trinajstić information content (AvgIpc) is 2.77. The number of anilines is 1. The van der Waals surface area contributed by atoms with Gasteiger partial charge in [-0.1, -0.05) is 32.0 Å². The van der Waals surface area contributed by atoms with Gasteiger partial charge in [-0.05, 0) is 61.9 Å². The Morgan fingerprint density at radius 2 is 2.03 bits per heavy atom. The smallest absolute Gasteiger partial charge is 0.404 e. The Morgan fingerprint density at radius 3 is 2.76 bits per heavy atom. The van der Waals surface area contributed by atoms with Crippen LogP contribution in [0.1, 0.15) is 38.7 Å². The minimum Gasteiger partial charge on any atom is -0.507 e. The molecule has 33 heavy (non-hydrogen) atoms. The van der Waals surface area contributed by atoms with Gasteiger partial charge in [0.05, 0.1) is 11.1 Å². The molecule has 3 N–H and O–H groups in total. The highest BCUT2D eigenvalue weighted by atomic mass is 16.6. The Hall–Kier alpha value is -3.35. The van der Waals surface area contributed by atoms with Crippen molar-refractivity contribution in [3.05, 3.63) is 48.0 Å². The number of carbonyl (C=O) groups is 1. The number of hydrogen-bond acceptors (Lipinski definition) is 6. The number of aromatic nitrogens is 2. The summed E-state index contributed by atoms with van der Waals surface area (Å²) in [5.41, 5.74) is 7.94. The number of primary amides is 1. The van der Waals surface area contributed by atoms with Crippen LogP contribution in [0.3, 0.4) is 0 Å². The summed E-state index contributed by atoms with van der Waals surface area (Å²) in [7, 11) is 0. The summed E-state index contributed by atoms with van der Waals surface area (Å²) < 4.78 is 5.54. The highest BCUT2D eigenvalue weighted by Crippen LogP contribution is 2.35. The number of nitrogens with two attached hydrogens (primary N) is 1. The second-order valence-electron chi connectivity index (χ2n) is 9.36. The van der Waals surface area contributed by atoms with E-state index >= 15 is 0 Å². The van der Waals surface area contributed by atoms with Gasteiger partial charge in [0.2, 0.25) is 0 Å². The highest BCUT2D eigenvalue weighted by molar-refractivity contribution is 5.92. The van der Waals surface area contributed by atoms with Crippen molar-refractivity contribution in [3.8, 4) is 17.1 Å². The maximum atomic E-state index is 11.6. The van der Waals surface area contributed by atoms with Gasteiger partial charge in [-0.2, -0.15) is 0 Å². The second kappa shape index (κ2) is 9.65. The monoisotopic (exact) mass is 448 g/mol. The van der Waals surface area contributed by atoms with E-state index in [0.717, 1.165) is 48.1 Å². The van der Waals surface area contributed by atoms with Crippen molar-refractivity contribution < 1.29 is 14.6 Å². The predicted molar refractivity (Wildman–Crippen MR) is 130 cm³/mol. The van der Waals surface area contributed by atoms with E-state index in [-0.39, 0.29) is 17.8 Å². The normalized spacial score (nSPS) is 17.3. The van der Waals surface area contributed by atoms with Crippen LogP contribution in [0.2, 0.25) is 0 Å². The summed E-state index contributed by atoms with van der Waals surface area (Å²) in [6.45, 7) is 7.84. The molecule has 1 unspecified atom stereocenters. The minimum atomic E-state index is -0.720. The van der Waals surface area contributed by atoms with Crippen molar-refractivity contribution in [2.75, 3.05) is 18.0 Å². The molecule has 1 aliphatic heterocycles. The third kappa shape index (κ3) is 5.18. The van der Waals surface area contributed by atoms with Gasteiger partial charge < -0.3 is 20.5 Å². The fourth-order valence-electron chi connectivity index (χ4n) is 4.70. The Balaban J connectivity index is 1.74. The van der Waals surface area contributed by atoms with Gasteiger partial charge in [0.1, 0.15) is 17.7 Å². The van der Waals surface area contributed by atoms with Gasteiger partial charge in [-0.15, -0.1) is 0 Å².